The molecule has 0 saturated heterocycles. The first-order valence-corrected chi connectivity index (χ1v) is 15.1. The van der Waals surface area contributed by atoms with Crippen molar-refractivity contribution in [1.29, 1.82) is 0 Å². The lowest BCUT2D eigenvalue weighted by molar-refractivity contribution is 0.570. The van der Waals surface area contributed by atoms with Crippen molar-refractivity contribution in [3.8, 4) is 55.6 Å². The van der Waals surface area contributed by atoms with Crippen LogP contribution in [0.5, 0.6) is 0 Å². The second-order valence-corrected chi connectivity index (χ2v) is 11.3. The van der Waals surface area contributed by atoms with Crippen LogP contribution in [-0.4, -0.2) is 0 Å². The van der Waals surface area contributed by atoms with Crippen LogP contribution in [0.1, 0.15) is 0 Å². The van der Waals surface area contributed by atoms with E-state index in [9.17, 15) is 4.79 Å². The van der Waals surface area contributed by atoms with E-state index in [1.54, 1.807) is 0 Å². The van der Waals surface area contributed by atoms with Crippen LogP contribution >= 0.6 is 0 Å². The third-order valence-electron chi connectivity index (χ3n) is 8.52. The van der Waals surface area contributed by atoms with E-state index in [4.69, 9.17) is 4.42 Å². The van der Waals surface area contributed by atoms with Gasteiger partial charge in [0.2, 0.25) is 0 Å². The topological polar surface area (TPSA) is 30.2 Å². The van der Waals surface area contributed by atoms with Crippen molar-refractivity contribution in [2.24, 2.45) is 0 Å². The van der Waals surface area contributed by atoms with Gasteiger partial charge in [0, 0.05) is 10.8 Å². The van der Waals surface area contributed by atoms with Gasteiger partial charge >= 0.3 is 5.63 Å². The zero-order valence-corrected chi connectivity index (χ0v) is 24.5. The summed E-state index contributed by atoms with van der Waals surface area (Å²) in [7, 11) is 0. The Balaban J connectivity index is 1.23. The highest BCUT2D eigenvalue weighted by Gasteiger charge is 2.15. The maximum absolute atomic E-state index is 13.5. The van der Waals surface area contributed by atoms with Crippen LogP contribution in [-0.2, 0) is 0 Å². The highest BCUT2D eigenvalue weighted by atomic mass is 16.4. The number of benzene rings is 7. The van der Waals surface area contributed by atoms with E-state index in [1.807, 2.05) is 42.5 Å². The predicted octanol–water partition coefficient (Wildman–Crippen LogP) is 11.3. The minimum Gasteiger partial charge on any atom is -0.422 e. The zero-order chi connectivity index (χ0) is 30.2. The monoisotopic (exact) mass is 576 g/mol. The molecule has 0 aliphatic carbocycles. The molecular formula is C43H28O2. The summed E-state index contributed by atoms with van der Waals surface area (Å²) in [6.45, 7) is 0. The van der Waals surface area contributed by atoms with Gasteiger partial charge in [0.25, 0.3) is 0 Å². The van der Waals surface area contributed by atoms with Gasteiger partial charge in [-0.05, 0) is 86.0 Å². The first-order chi connectivity index (χ1) is 22.2. The van der Waals surface area contributed by atoms with Crippen molar-refractivity contribution in [3.63, 3.8) is 0 Å². The van der Waals surface area contributed by atoms with Gasteiger partial charge in [-0.25, -0.2) is 4.79 Å². The summed E-state index contributed by atoms with van der Waals surface area (Å²) < 4.78 is 5.95. The van der Waals surface area contributed by atoms with Crippen molar-refractivity contribution in [3.05, 3.63) is 180 Å². The lowest BCUT2D eigenvalue weighted by atomic mass is 9.93. The molecule has 212 valence electrons. The molecule has 2 nitrogen and oxygen atoms in total. The van der Waals surface area contributed by atoms with Crippen LogP contribution in [0.3, 0.4) is 0 Å². The normalized spacial score (nSPS) is 11.2. The van der Waals surface area contributed by atoms with Gasteiger partial charge in [0.1, 0.15) is 5.58 Å². The Morgan fingerprint density at radius 3 is 1.36 bits per heavy atom. The van der Waals surface area contributed by atoms with Crippen LogP contribution < -0.4 is 5.63 Å². The molecule has 0 aliphatic rings. The number of fused-ring (bicyclic) bond motifs is 3. The highest BCUT2D eigenvalue weighted by molar-refractivity contribution is 6.10. The second-order valence-electron chi connectivity index (χ2n) is 11.3. The van der Waals surface area contributed by atoms with Gasteiger partial charge in [-0.15, -0.1) is 0 Å². The van der Waals surface area contributed by atoms with E-state index in [-0.39, 0.29) is 5.63 Å². The van der Waals surface area contributed by atoms with Crippen molar-refractivity contribution in [2.75, 3.05) is 0 Å². The summed E-state index contributed by atoms with van der Waals surface area (Å²) >= 11 is 0. The number of hydrogen-bond donors (Lipinski definition) is 0. The average Bonchev–Trinajstić information content (AvgIpc) is 3.12. The fraction of sp³-hybridized carbons (Fsp3) is 0. The smallest absolute Gasteiger partial charge is 0.344 e. The molecule has 0 unspecified atom stereocenters. The molecule has 1 aromatic heterocycles. The number of rotatable bonds is 5. The van der Waals surface area contributed by atoms with Crippen LogP contribution in [0, 0.1) is 0 Å². The van der Waals surface area contributed by atoms with E-state index in [0.717, 1.165) is 49.7 Å². The van der Waals surface area contributed by atoms with Crippen molar-refractivity contribution in [2.45, 2.75) is 0 Å². The van der Waals surface area contributed by atoms with Crippen LogP contribution in [0.4, 0.5) is 0 Å². The molecular weight excluding hydrogens is 548 g/mol. The van der Waals surface area contributed by atoms with Gasteiger partial charge in [-0.2, -0.15) is 0 Å². The Hall–Kier alpha value is -5.99. The highest BCUT2D eigenvalue weighted by Crippen LogP contribution is 2.36. The second kappa shape index (κ2) is 11.3. The third-order valence-corrected chi connectivity index (χ3v) is 8.52. The van der Waals surface area contributed by atoms with E-state index in [2.05, 4.69) is 127 Å². The zero-order valence-electron chi connectivity index (χ0n) is 24.5. The summed E-state index contributed by atoms with van der Waals surface area (Å²) in [5.74, 6) is 0. The fourth-order valence-corrected chi connectivity index (χ4v) is 6.28. The SMILES string of the molecule is O=c1oc2ccc(-c3cccc(-c4ccccc4)c3)cc2c2cccc(-c3cccc(-c4cccc(-c5ccccc5)c4)c3)c12. The van der Waals surface area contributed by atoms with Gasteiger partial charge in [0.15, 0.2) is 0 Å². The molecule has 0 N–H and O–H groups in total. The first-order valence-electron chi connectivity index (χ1n) is 15.1. The first kappa shape index (κ1) is 26.6. The molecule has 0 amide bonds. The average molecular weight is 577 g/mol. The Morgan fingerprint density at radius 2 is 0.778 bits per heavy atom. The molecule has 8 aromatic rings. The molecule has 0 radical (unpaired) electrons. The third kappa shape index (κ3) is 5.03. The van der Waals surface area contributed by atoms with Crippen molar-refractivity contribution >= 4 is 21.7 Å². The van der Waals surface area contributed by atoms with Gasteiger partial charge in [-0.1, -0.05) is 140 Å². The Morgan fingerprint density at radius 1 is 0.333 bits per heavy atom. The molecule has 45 heavy (non-hydrogen) atoms. The summed E-state index contributed by atoms with van der Waals surface area (Å²) in [6, 6.07) is 58.5. The van der Waals surface area contributed by atoms with Crippen molar-refractivity contribution < 1.29 is 4.42 Å². The Bertz CT molecular complexity index is 2390. The van der Waals surface area contributed by atoms with E-state index < -0.39 is 0 Å². The predicted molar refractivity (Wildman–Crippen MR) is 187 cm³/mol. The van der Waals surface area contributed by atoms with Gasteiger partial charge in [0.05, 0.1) is 5.39 Å². The molecule has 0 saturated carbocycles. The standard InChI is InChI=1S/C43H28O2/c44-43-42-38(37-20-9-19-35(27-37)33-17-7-15-31(25-33)29-11-3-1-4-12-29)21-10-22-39(42)40-28-36(23-24-41(40)45-43)34-18-8-16-32(26-34)30-13-5-2-6-14-30/h1-28H. The summed E-state index contributed by atoms with van der Waals surface area (Å²) in [6.07, 6.45) is 0. The molecule has 0 aliphatic heterocycles. The summed E-state index contributed by atoms with van der Waals surface area (Å²) in [5, 5.41) is 2.40. The molecule has 0 spiro atoms. The lowest BCUT2D eigenvalue weighted by Crippen LogP contribution is -2.02. The molecule has 8 rings (SSSR count). The van der Waals surface area contributed by atoms with E-state index in [1.165, 1.54) is 16.7 Å². The molecule has 7 aromatic carbocycles. The Labute approximate surface area is 261 Å². The Kier molecular flexibility index (Phi) is 6.66. The molecule has 2 heteroatoms. The lowest BCUT2D eigenvalue weighted by Gasteiger charge is -2.12. The minimum atomic E-state index is -0.330. The molecule has 0 bridgehead atoms. The van der Waals surface area contributed by atoms with Gasteiger partial charge in [-0.3, -0.25) is 0 Å². The summed E-state index contributed by atoms with van der Waals surface area (Å²) in [5.41, 5.74) is 11.2. The minimum absolute atomic E-state index is 0.330. The molecule has 0 fully saturated rings. The maximum atomic E-state index is 13.5. The van der Waals surface area contributed by atoms with Crippen LogP contribution in [0.15, 0.2) is 179 Å². The summed E-state index contributed by atoms with van der Waals surface area (Å²) in [4.78, 5) is 13.5. The van der Waals surface area contributed by atoms with Crippen LogP contribution in [0.2, 0.25) is 0 Å². The van der Waals surface area contributed by atoms with Crippen LogP contribution in [0.25, 0.3) is 77.4 Å². The molecule has 1 heterocycles. The largest absolute Gasteiger partial charge is 0.422 e. The van der Waals surface area contributed by atoms with E-state index >= 15 is 0 Å². The van der Waals surface area contributed by atoms with Gasteiger partial charge < -0.3 is 4.42 Å². The number of hydrogen-bond acceptors (Lipinski definition) is 2. The fourth-order valence-electron chi connectivity index (χ4n) is 6.28. The quantitative estimate of drug-likeness (QED) is 0.151. The van der Waals surface area contributed by atoms with Crippen molar-refractivity contribution in [1.82, 2.24) is 0 Å². The maximum Gasteiger partial charge on any atom is 0.344 e. The van der Waals surface area contributed by atoms with E-state index in [0.29, 0.717) is 11.0 Å². The molecule has 0 atom stereocenters.